The van der Waals surface area contributed by atoms with Crippen molar-refractivity contribution in [2.75, 3.05) is 26.2 Å². The Morgan fingerprint density at radius 3 is 2.68 bits per heavy atom. The van der Waals surface area contributed by atoms with Gasteiger partial charge in [0.25, 0.3) is 0 Å². The maximum Gasteiger partial charge on any atom is 0.227 e. The summed E-state index contributed by atoms with van der Waals surface area (Å²) in [7, 11) is 0. The van der Waals surface area contributed by atoms with Gasteiger partial charge in [-0.05, 0) is 12.1 Å². The van der Waals surface area contributed by atoms with Crippen molar-refractivity contribution < 1.29 is 9.32 Å². The fraction of sp³-hybridized carbons (Fsp3) is 0.556. The minimum Gasteiger partial charge on any atom is -0.340 e. The van der Waals surface area contributed by atoms with Crippen molar-refractivity contribution in [1.82, 2.24) is 24.9 Å². The number of nitrogens with zero attached hydrogens (tertiary/aromatic N) is 5. The SMILES string of the molecule is CC(C)c1noc(CCC(=O)N2CCN(Cc3ccccn3)CC2)n1. The second kappa shape index (κ2) is 8.20. The molecule has 2 aromatic rings. The molecule has 2 aromatic heterocycles. The predicted molar refractivity (Wildman–Crippen MR) is 92.8 cm³/mol. The minimum absolute atomic E-state index is 0.154. The molecule has 0 bridgehead atoms. The zero-order valence-electron chi connectivity index (χ0n) is 14.9. The number of amides is 1. The van der Waals surface area contributed by atoms with Gasteiger partial charge in [-0.2, -0.15) is 4.98 Å². The number of aryl methyl sites for hydroxylation is 1. The lowest BCUT2D eigenvalue weighted by Gasteiger charge is -2.34. The third-order valence-corrected chi connectivity index (χ3v) is 4.39. The molecule has 0 aromatic carbocycles. The van der Waals surface area contributed by atoms with Crippen molar-refractivity contribution in [3.8, 4) is 0 Å². The first kappa shape index (κ1) is 17.5. The van der Waals surface area contributed by atoms with Crippen molar-refractivity contribution in [2.45, 2.75) is 39.2 Å². The first-order valence-corrected chi connectivity index (χ1v) is 8.84. The lowest BCUT2D eigenvalue weighted by molar-refractivity contribution is -0.133. The summed E-state index contributed by atoms with van der Waals surface area (Å²) in [5.74, 6) is 1.64. The van der Waals surface area contributed by atoms with E-state index in [1.807, 2.05) is 43.1 Å². The van der Waals surface area contributed by atoms with Crippen LogP contribution in [0.5, 0.6) is 0 Å². The second-order valence-corrected chi connectivity index (χ2v) is 6.68. The molecule has 134 valence electrons. The van der Waals surface area contributed by atoms with Crippen LogP contribution in [0.25, 0.3) is 0 Å². The highest BCUT2D eigenvalue weighted by molar-refractivity contribution is 5.76. The van der Waals surface area contributed by atoms with E-state index in [1.165, 1.54) is 0 Å². The molecule has 0 radical (unpaired) electrons. The Bertz CT molecular complexity index is 678. The largest absolute Gasteiger partial charge is 0.340 e. The molecule has 1 saturated heterocycles. The number of carbonyl (C=O) groups excluding carboxylic acids is 1. The Morgan fingerprint density at radius 2 is 2.04 bits per heavy atom. The predicted octanol–water partition coefficient (Wildman–Crippen LogP) is 1.87. The third kappa shape index (κ3) is 4.85. The molecule has 3 heterocycles. The molecule has 0 unspecified atom stereocenters. The van der Waals surface area contributed by atoms with Gasteiger partial charge in [-0.15, -0.1) is 0 Å². The number of rotatable bonds is 6. The smallest absolute Gasteiger partial charge is 0.227 e. The molecule has 3 rings (SSSR count). The fourth-order valence-corrected chi connectivity index (χ4v) is 2.85. The monoisotopic (exact) mass is 343 g/mol. The summed E-state index contributed by atoms with van der Waals surface area (Å²) in [6.07, 6.45) is 2.74. The average molecular weight is 343 g/mol. The van der Waals surface area contributed by atoms with Gasteiger partial charge in [0.2, 0.25) is 11.8 Å². The van der Waals surface area contributed by atoms with Crippen LogP contribution in [0.2, 0.25) is 0 Å². The van der Waals surface area contributed by atoms with Gasteiger partial charge in [0.1, 0.15) is 0 Å². The molecule has 0 N–H and O–H groups in total. The number of hydrogen-bond donors (Lipinski definition) is 0. The van der Waals surface area contributed by atoms with Crippen molar-refractivity contribution in [1.29, 1.82) is 0 Å². The zero-order chi connectivity index (χ0) is 17.6. The second-order valence-electron chi connectivity index (χ2n) is 6.68. The molecular weight excluding hydrogens is 318 g/mol. The number of piperazine rings is 1. The summed E-state index contributed by atoms with van der Waals surface area (Å²) >= 11 is 0. The number of aromatic nitrogens is 3. The van der Waals surface area contributed by atoms with Crippen LogP contribution in [-0.4, -0.2) is 57.0 Å². The van der Waals surface area contributed by atoms with E-state index in [0.717, 1.165) is 38.4 Å². The molecule has 25 heavy (non-hydrogen) atoms. The van der Waals surface area contributed by atoms with Crippen LogP contribution in [0.4, 0.5) is 0 Å². The summed E-state index contributed by atoms with van der Waals surface area (Å²) in [5, 5.41) is 3.93. The summed E-state index contributed by atoms with van der Waals surface area (Å²) in [6, 6.07) is 5.96. The molecule has 1 aliphatic heterocycles. The summed E-state index contributed by atoms with van der Waals surface area (Å²) in [6.45, 7) is 8.14. The fourth-order valence-electron chi connectivity index (χ4n) is 2.85. The van der Waals surface area contributed by atoms with E-state index in [0.29, 0.717) is 24.6 Å². The normalized spacial score (nSPS) is 15.7. The van der Waals surface area contributed by atoms with E-state index in [1.54, 1.807) is 0 Å². The lowest BCUT2D eigenvalue weighted by Crippen LogP contribution is -2.48. The van der Waals surface area contributed by atoms with E-state index in [2.05, 4.69) is 20.0 Å². The third-order valence-electron chi connectivity index (χ3n) is 4.39. The highest BCUT2D eigenvalue weighted by atomic mass is 16.5. The van der Waals surface area contributed by atoms with Crippen LogP contribution in [0.3, 0.4) is 0 Å². The molecule has 1 amide bonds. The number of carbonyl (C=O) groups is 1. The average Bonchev–Trinajstić information content (AvgIpc) is 3.11. The van der Waals surface area contributed by atoms with Crippen molar-refractivity contribution in [3.05, 3.63) is 41.8 Å². The number of hydrogen-bond acceptors (Lipinski definition) is 6. The molecule has 0 saturated carbocycles. The molecule has 0 atom stereocenters. The van der Waals surface area contributed by atoms with Gasteiger partial charge >= 0.3 is 0 Å². The van der Waals surface area contributed by atoms with Gasteiger partial charge in [0.05, 0.1) is 5.69 Å². The standard InChI is InChI=1S/C18H25N5O2/c1-14(2)18-20-16(25-21-18)6-7-17(24)23-11-9-22(10-12-23)13-15-5-3-4-8-19-15/h3-5,8,14H,6-7,9-13H2,1-2H3. The Labute approximate surface area is 148 Å². The summed E-state index contributed by atoms with van der Waals surface area (Å²) in [4.78, 5) is 25.3. The Balaban J connectivity index is 1.42. The maximum atomic E-state index is 12.4. The van der Waals surface area contributed by atoms with E-state index < -0.39 is 0 Å². The topological polar surface area (TPSA) is 75.4 Å². The maximum absolute atomic E-state index is 12.4. The highest BCUT2D eigenvalue weighted by Gasteiger charge is 2.22. The Morgan fingerprint density at radius 1 is 1.24 bits per heavy atom. The molecule has 7 nitrogen and oxygen atoms in total. The van der Waals surface area contributed by atoms with Crippen molar-refractivity contribution >= 4 is 5.91 Å². The van der Waals surface area contributed by atoms with Crippen LogP contribution >= 0.6 is 0 Å². The molecular formula is C18H25N5O2. The van der Waals surface area contributed by atoms with Crippen molar-refractivity contribution in [2.24, 2.45) is 0 Å². The van der Waals surface area contributed by atoms with Crippen LogP contribution in [-0.2, 0) is 17.8 Å². The van der Waals surface area contributed by atoms with Gasteiger partial charge in [0.15, 0.2) is 5.82 Å². The Kier molecular flexibility index (Phi) is 5.75. The van der Waals surface area contributed by atoms with E-state index in [9.17, 15) is 4.79 Å². The van der Waals surface area contributed by atoms with Gasteiger partial charge in [0, 0.05) is 57.7 Å². The zero-order valence-corrected chi connectivity index (χ0v) is 14.9. The van der Waals surface area contributed by atoms with Crippen molar-refractivity contribution in [3.63, 3.8) is 0 Å². The van der Waals surface area contributed by atoms with Gasteiger partial charge in [-0.1, -0.05) is 25.1 Å². The minimum atomic E-state index is 0.154. The first-order valence-electron chi connectivity index (χ1n) is 8.84. The van der Waals surface area contributed by atoms with Crippen LogP contribution < -0.4 is 0 Å². The van der Waals surface area contributed by atoms with E-state index in [-0.39, 0.29) is 11.8 Å². The molecule has 0 aliphatic carbocycles. The Hall–Kier alpha value is -2.28. The molecule has 7 heteroatoms. The van der Waals surface area contributed by atoms with Crippen LogP contribution in [0.15, 0.2) is 28.9 Å². The summed E-state index contributed by atoms with van der Waals surface area (Å²) in [5.41, 5.74) is 1.07. The lowest BCUT2D eigenvalue weighted by atomic mass is 10.2. The quantitative estimate of drug-likeness (QED) is 0.797. The van der Waals surface area contributed by atoms with E-state index in [4.69, 9.17) is 4.52 Å². The molecule has 0 spiro atoms. The van der Waals surface area contributed by atoms with E-state index >= 15 is 0 Å². The van der Waals surface area contributed by atoms with Gasteiger partial charge < -0.3 is 9.42 Å². The summed E-state index contributed by atoms with van der Waals surface area (Å²) < 4.78 is 5.20. The number of pyridine rings is 1. The van der Waals surface area contributed by atoms with Gasteiger partial charge in [-0.3, -0.25) is 14.7 Å². The molecule has 1 aliphatic rings. The first-order chi connectivity index (χ1) is 12.1. The van der Waals surface area contributed by atoms with Gasteiger partial charge in [-0.25, -0.2) is 0 Å². The van der Waals surface area contributed by atoms with Crippen LogP contribution in [0.1, 0.15) is 43.6 Å². The van der Waals surface area contributed by atoms with Crippen LogP contribution in [0, 0.1) is 0 Å². The highest BCUT2D eigenvalue weighted by Crippen LogP contribution is 2.12. The molecule has 1 fully saturated rings.